The summed E-state index contributed by atoms with van der Waals surface area (Å²) in [5.41, 5.74) is 1.99. The second-order valence-electron chi connectivity index (χ2n) is 4.13. The molecule has 0 aliphatic heterocycles. The van der Waals surface area contributed by atoms with Crippen LogP contribution >= 0.6 is 7.14 Å². The van der Waals surface area contributed by atoms with E-state index in [4.69, 9.17) is 0 Å². The van der Waals surface area contributed by atoms with Crippen molar-refractivity contribution in [3.63, 3.8) is 0 Å². The van der Waals surface area contributed by atoms with Crippen LogP contribution in [0.3, 0.4) is 0 Å². The molecule has 0 bridgehead atoms. The Balaban J connectivity index is 3.03. The van der Waals surface area contributed by atoms with Crippen molar-refractivity contribution in [1.29, 1.82) is 0 Å². The molecule has 0 fully saturated rings. The SMILES string of the molecule is CCP(=O)(CC)c1ccc(C(C)C)cn1. The first-order valence-corrected chi connectivity index (χ1v) is 7.65. The Bertz CT molecular complexity index is 348. The van der Waals surface area contributed by atoms with Gasteiger partial charge in [0.05, 0.1) is 5.44 Å². The maximum absolute atomic E-state index is 12.4. The minimum Gasteiger partial charge on any atom is -0.317 e. The van der Waals surface area contributed by atoms with Crippen molar-refractivity contribution in [3.05, 3.63) is 23.9 Å². The van der Waals surface area contributed by atoms with E-state index in [2.05, 4.69) is 18.8 Å². The first kappa shape index (κ1) is 12.4. The molecule has 1 aromatic rings. The van der Waals surface area contributed by atoms with E-state index < -0.39 is 7.14 Å². The summed E-state index contributed by atoms with van der Waals surface area (Å²) in [7, 11) is -2.19. The van der Waals surface area contributed by atoms with E-state index in [1.807, 2.05) is 32.2 Å². The molecule has 0 saturated heterocycles. The molecule has 0 spiro atoms. The Kier molecular flexibility index (Phi) is 4.10. The molecular weight excluding hydrogens is 205 g/mol. The minimum absolute atomic E-state index is 0.481. The fraction of sp³-hybridized carbons (Fsp3) is 0.583. The Labute approximate surface area is 92.5 Å². The zero-order valence-corrected chi connectivity index (χ0v) is 10.9. The molecule has 0 radical (unpaired) electrons. The highest BCUT2D eigenvalue weighted by Gasteiger charge is 2.21. The number of hydrogen-bond donors (Lipinski definition) is 0. The lowest BCUT2D eigenvalue weighted by atomic mass is 10.1. The van der Waals surface area contributed by atoms with Gasteiger partial charge < -0.3 is 4.57 Å². The predicted molar refractivity (Wildman–Crippen MR) is 66.6 cm³/mol. The lowest BCUT2D eigenvalue weighted by Crippen LogP contribution is -2.13. The Morgan fingerprint density at radius 3 is 2.20 bits per heavy atom. The first-order valence-electron chi connectivity index (χ1n) is 5.58. The maximum Gasteiger partial charge on any atom is 0.132 e. The van der Waals surface area contributed by atoms with Crippen LogP contribution in [0.5, 0.6) is 0 Å². The zero-order valence-electron chi connectivity index (χ0n) is 10.0. The van der Waals surface area contributed by atoms with Gasteiger partial charge in [-0.1, -0.05) is 33.8 Å². The van der Waals surface area contributed by atoms with Crippen molar-refractivity contribution >= 4 is 12.6 Å². The molecule has 84 valence electrons. The topological polar surface area (TPSA) is 30.0 Å². The molecule has 15 heavy (non-hydrogen) atoms. The van der Waals surface area contributed by atoms with Gasteiger partial charge in [0, 0.05) is 18.5 Å². The molecule has 1 aromatic heterocycles. The third-order valence-corrected chi connectivity index (χ3v) is 6.02. The van der Waals surface area contributed by atoms with Gasteiger partial charge in [-0.2, -0.15) is 0 Å². The molecule has 0 aliphatic carbocycles. The Morgan fingerprint density at radius 2 is 1.87 bits per heavy atom. The summed E-state index contributed by atoms with van der Waals surface area (Å²) in [5, 5.41) is 0. The molecule has 0 aromatic carbocycles. The van der Waals surface area contributed by atoms with Gasteiger partial charge in [0.15, 0.2) is 0 Å². The highest BCUT2D eigenvalue weighted by Crippen LogP contribution is 2.42. The van der Waals surface area contributed by atoms with Gasteiger partial charge in [0.2, 0.25) is 0 Å². The number of nitrogens with zero attached hydrogens (tertiary/aromatic N) is 1. The molecule has 3 heteroatoms. The van der Waals surface area contributed by atoms with Crippen molar-refractivity contribution < 1.29 is 4.57 Å². The average Bonchev–Trinajstić information content (AvgIpc) is 2.28. The summed E-state index contributed by atoms with van der Waals surface area (Å²) in [6.45, 7) is 8.22. The highest BCUT2D eigenvalue weighted by atomic mass is 31.2. The normalized spacial score (nSPS) is 12.1. The lowest BCUT2D eigenvalue weighted by Gasteiger charge is -2.14. The standard InChI is InChI=1S/C12H20NOP/c1-5-15(14,6-2)12-8-7-11(9-13-12)10(3)4/h7-10H,5-6H2,1-4H3. The van der Waals surface area contributed by atoms with Crippen LogP contribution in [0.1, 0.15) is 39.2 Å². The maximum atomic E-state index is 12.4. The quantitative estimate of drug-likeness (QED) is 0.736. The predicted octanol–water partition coefficient (Wildman–Crippen LogP) is 3.23. The Morgan fingerprint density at radius 1 is 1.27 bits per heavy atom. The summed E-state index contributed by atoms with van der Waals surface area (Å²) in [4.78, 5) is 4.35. The van der Waals surface area contributed by atoms with Crippen LogP contribution in [0.15, 0.2) is 18.3 Å². The van der Waals surface area contributed by atoms with Crippen LogP contribution in [-0.4, -0.2) is 17.3 Å². The van der Waals surface area contributed by atoms with Crippen LogP contribution in [0, 0.1) is 0 Å². The van der Waals surface area contributed by atoms with Crippen molar-refractivity contribution in [3.8, 4) is 0 Å². The van der Waals surface area contributed by atoms with Gasteiger partial charge in [-0.05, 0) is 17.5 Å². The third-order valence-electron chi connectivity index (χ3n) is 2.88. The largest absolute Gasteiger partial charge is 0.317 e. The fourth-order valence-electron chi connectivity index (χ4n) is 1.53. The second-order valence-corrected chi connectivity index (χ2v) is 7.63. The van der Waals surface area contributed by atoms with Crippen molar-refractivity contribution in [2.75, 3.05) is 12.3 Å². The second kappa shape index (κ2) is 4.94. The molecule has 0 N–H and O–H groups in total. The molecule has 1 heterocycles. The Hall–Kier alpha value is -0.620. The van der Waals surface area contributed by atoms with E-state index in [1.54, 1.807) is 0 Å². The number of pyridine rings is 1. The van der Waals surface area contributed by atoms with Gasteiger partial charge in [0.1, 0.15) is 7.14 Å². The summed E-state index contributed by atoms with van der Waals surface area (Å²) in [6.07, 6.45) is 3.27. The van der Waals surface area contributed by atoms with E-state index in [1.165, 1.54) is 5.56 Å². The van der Waals surface area contributed by atoms with Crippen molar-refractivity contribution in [2.45, 2.75) is 33.6 Å². The molecule has 1 rings (SSSR count). The summed E-state index contributed by atoms with van der Waals surface area (Å²) in [6, 6.07) is 3.98. The number of hydrogen-bond acceptors (Lipinski definition) is 2. The highest BCUT2D eigenvalue weighted by molar-refractivity contribution is 7.71. The van der Waals surface area contributed by atoms with Crippen LogP contribution in [0.25, 0.3) is 0 Å². The van der Waals surface area contributed by atoms with E-state index >= 15 is 0 Å². The summed E-state index contributed by atoms with van der Waals surface area (Å²) in [5.74, 6) is 0.481. The first-order chi connectivity index (χ1) is 7.03. The number of rotatable bonds is 4. The van der Waals surface area contributed by atoms with Gasteiger partial charge in [-0.15, -0.1) is 0 Å². The molecule has 0 aliphatic rings. The molecule has 0 atom stereocenters. The summed E-state index contributed by atoms with van der Waals surface area (Å²) >= 11 is 0. The van der Waals surface area contributed by atoms with E-state index in [9.17, 15) is 4.57 Å². The van der Waals surface area contributed by atoms with Crippen molar-refractivity contribution in [1.82, 2.24) is 4.98 Å². The molecule has 0 saturated carbocycles. The molecule has 0 amide bonds. The van der Waals surface area contributed by atoms with Crippen LogP contribution in [0.4, 0.5) is 0 Å². The van der Waals surface area contributed by atoms with E-state index in [0.717, 1.165) is 5.44 Å². The molecule has 2 nitrogen and oxygen atoms in total. The van der Waals surface area contributed by atoms with E-state index in [0.29, 0.717) is 18.2 Å². The van der Waals surface area contributed by atoms with Crippen LogP contribution < -0.4 is 5.44 Å². The summed E-state index contributed by atoms with van der Waals surface area (Å²) < 4.78 is 12.4. The van der Waals surface area contributed by atoms with Gasteiger partial charge >= 0.3 is 0 Å². The van der Waals surface area contributed by atoms with Crippen LogP contribution in [-0.2, 0) is 4.57 Å². The number of aromatic nitrogens is 1. The van der Waals surface area contributed by atoms with Gasteiger partial charge in [-0.25, -0.2) is 0 Å². The molecular formula is C12H20NOP. The average molecular weight is 225 g/mol. The minimum atomic E-state index is -2.19. The lowest BCUT2D eigenvalue weighted by molar-refractivity contribution is 0.582. The monoisotopic (exact) mass is 225 g/mol. The fourth-order valence-corrected chi connectivity index (χ4v) is 3.24. The van der Waals surface area contributed by atoms with Crippen molar-refractivity contribution in [2.24, 2.45) is 0 Å². The van der Waals surface area contributed by atoms with Gasteiger partial charge in [-0.3, -0.25) is 4.98 Å². The third kappa shape index (κ3) is 2.69. The van der Waals surface area contributed by atoms with E-state index in [-0.39, 0.29) is 0 Å². The van der Waals surface area contributed by atoms with Gasteiger partial charge in [0.25, 0.3) is 0 Å². The molecule has 0 unspecified atom stereocenters. The van der Waals surface area contributed by atoms with Crippen LogP contribution in [0.2, 0.25) is 0 Å². The zero-order chi connectivity index (χ0) is 11.5. The smallest absolute Gasteiger partial charge is 0.132 e.